The molecule has 0 saturated carbocycles. The molecule has 0 rings (SSSR count). The van der Waals surface area contributed by atoms with Crippen LogP contribution in [0.3, 0.4) is 0 Å². The van der Waals surface area contributed by atoms with Crippen LogP contribution >= 0.6 is 0 Å². The molecule has 0 nitrogen and oxygen atoms in total. The van der Waals surface area contributed by atoms with E-state index in [-0.39, 0.29) is 0 Å². The molecule has 0 saturated heterocycles. The second-order valence-electron chi connectivity index (χ2n) is 11.6. The van der Waals surface area contributed by atoms with Gasteiger partial charge in [-0.05, 0) is 54.3 Å². The van der Waals surface area contributed by atoms with Crippen LogP contribution in [-0.4, -0.2) is 7.28 Å². The zero-order valence-electron chi connectivity index (χ0n) is 18.8. The van der Waals surface area contributed by atoms with Crippen LogP contribution in [0.25, 0.3) is 0 Å². The molecule has 24 heavy (non-hydrogen) atoms. The second kappa shape index (κ2) is 8.95. The second-order valence-corrected chi connectivity index (χ2v) is 11.6. The Morgan fingerprint density at radius 2 is 1.33 bits per heavy atom. The smallest absolute Gasteiger partial charge is 0.100 e. The fourth-order valence-corrected chi connectivity index (χ4v) is 4.29. The minimum atomic E-state index is 0.352. The third-order valence-corrected chi connectivity index (χ3v) is 5.41. The van der Waals surface area contributed by atoms with E-state index in [1.807, 2.05) is 0 Å². The lowest BCUT2D eigenvalue weighted by molar-refractivity contribution is 0.112. The summed E-state index contributed by atoms with van der Waals surface area (Å²) in [5.74, 6) is 2.16. The standard InChI is InChI=1S/C23H46B/c1-17(2)13-19(15-21(4,5)6)23(10,11)14-18(3)20(24-12)16-22(7,8)9/h18-20H,1,13-16H2,2-12H3. The first-order chi connectivity index (χ1) is 10.6. The molecule has 3 unspecified atom stereocenters. The molecule has 0 amide bonds. The van der Waals surface area contributed by atoms with Crippen LogP contribution in [0.2, 0.25) is 12.6 Å². The van der Waals surface area contributed by atoms with Gasteiger partial charge in [-0.2, -0.15) is 0 Å². The highest BCUT2D eigenvalue weighted by Gasteiger charge is 2.35. The van der Waals surface area contributed by atoms with E-state index in [0.717, 1.165) is 12.3 Å². The van der Waals surface area contributed by atoms with Crippen LogP contribution in [0.1, 0.15) is 94.9 Å². The minimum Gasteiger partial charge on any atom is -0.100 e. The van der Waals surface area contributed by atoms with Crippen molar-refractivity contribution < 1.29 is 0 Å². The molecule has 1 radical (unpaired) electrons. The van der Waals surface area contributed by atoms with Crippen molar-refractivity contribution in [2.45, 2.75) is 108 Å². The monoisotopic (exact) mass is 333 g/mol. The van der Waals surface area contributed by atoms with Gasteiger partial charge < -0.3 is 0 Å². The van der Waals surface area contributed by atoms with Gasteiger partial charge in [-0.3, -0.25) is 0 Å². The van der Waals surface area contributed by atoms with Crippen LogP contribution in [0.5, 0.6) is 0 Å². The van der Waals surface area contributed by atoms with Gasteiger partial charge >= 0.3 is 0 Å². The van der Waals surface area contributed by atoms with Crippen LogP contribution in [-0.2, 0) is 0 Å². The molecule has 0 aliphatic heterocycles. The summed E-state index contributed by atoms with van der Waals surface area (Å²) in [6, 6.07) is 0. The van der Waals surface area contributed by atoms with Gasteiger partial charge in [0.05, 0.1) is 0 Å². The molecule has 0 aliphatic carbocycles. The molecule has 141 valence electrons. The number of hydrogen-bond donors (Lipinski definition) is 0. The Bertz CT molecular complexity index is 378. The molecule has 0 aliphatic rings. The quantitative estimate of drug-likeness (QED) is 0.296. The fraction of sp³-hybridized carbons (Fsp3) is 0.913. The average molecular weight is 333 g/mol. The highest BCUT2D eigenvalue weighted by molar-refractivity contribution is 6.35. The van der Waals surface area contributed by atoms with Crippen molar-refractivity contribution in [3.8, 4) is 0 Å². The Morgan fingerprint density at radius 1 is 0.875 bits per heavy atom. The summed E-state index contributed by atoms with van der Waals surface area (Å²) in [5.41, 5.74) is 2.46. The predicted molar refractivity (Wildman–Crippen MR) is 114 cm³/mol. The Labute approximate surface area is 155 Å². The molecule has 3 atom stereocenters. The minimum absolute atomic E-state index is 0.352. The molecule has 0 aromatic rings. The van der Waals surface area contributed by atoms with Crippen molar-refractivity contribution in [1.82, 2.24) is 0 Å². The average Bonchev–Trinajstić information content (AvgIpc) is 2.31. The number of rotatable bonds is 9. The summed E-state index contributed by atoms with van der Waals surface area (Å²) < 4.78 is 0. The lowest BCUT2D eigenvalue weighted by Gasteiger charge is -2.42. The molecule has 0 heterocycles. The topological polar surface area (TPSA) is 0 Å². The highest BCUT2D eigenvalue weighted by atomic mass is 14.4. The zero-order valence-corrected chi connectivity index (χ0v) is 18.8. The summed E-state index contributed by atoms with van der Waals surface area (Å²) in [4.78, 5) is 0. The van der Waals surface area contributed by atoms with Gasteiger partial charge in [0.2, 0.25) is 0 Å². The molecule has 1 heteroatoms. The molecule has 0 aromatic carbocycles. The fourth-order valence-electron chi connectivity index (χ4n) is 4.29. The molecule has 0 bridgehead atoms. The van der Waals surface area contributed by atoms with E-state index in [1.165, 1.54) is 24.8 Å². The van der Waals surface area contributed by atoms with Gasteiger partial charge in [-0.1, -0.05) is 86.9 Å². The number of hydrogen-bond acceptors (Lipinski definition) is 0. The van der Waals surface area contributed by atoms with Crippen molar-refractivity contribution in [3.63, 3.8) is 0 Å². The Morgan fingerprint density at radius 3 is 1.67 bits per heavy atom. The third-order valence-electron chi connectivity index (χ3n) is 5.41. The van der Waals surface area contributed by atoms with E-state index in [2.05, 4.69) is 89.9 Å². The lowest BCUT2D eigenvalue weighted by atomic mass is 9.54. The maximum atomic E-state index is 4.21. The molecular formula is C23H46B. The summed E-state index contributed by atoms with van der Waals surface area (Å²) in [6.45, 7) is 30.3. The normalized spacial score (nSPS) is 17.3. The maximum Gasteiger partial charge on any atom is 0.110 e. The molecule has 0 N–H and O–H groups in total. The van der Waals surface area contributed by atoms with Crippen molar-refractivity contribution in [3.05, 3.63) is 12.2 Å². The number of allylic oxidation sites excluding steroid dienone is 1. The Balaban J connectivity index is 5.17. The summed E-state index contributed by atoms with van der Waals surface area (Å²) in [7, 11) is 2.45. The van der Waals surface area contributed by atoms with Crippen molar-refractivity contribution in [2.24, 2.45) is 28.1 Å². The van der Waals surface area contributed by atoms with E-state index in [9.17, 15) is 0 Å². The van der Waals surface area contributed by atoms with Gasteiger partial charge in [0.25, 0.3) is 0 Å². The SMILES string of the molecule is C=C(C)CC(CC(C)(C)C)C(C)(C)CC(C)C([B]C)CC(C)(C)C. The van der Waals surface area contributed by atoms with E-state index in [0.29, 0.717) is 28.0 Å². The van der Waals surface area contributed by atoms with Gasteiger partial charge in [0.15, 0.2) is 0 Å². The van der Waals surface area contributed by atoms with E-state index >= 15 is 0 Å². The van der Waals surface area contributed by atoms with Crippen molar-refractivity contribution >= 4 is 7.28 Å². The summed E-state index contributed by atoms with van der Waals surface area (Å²) in [6.07, 6.45) is 5.02. The molecule has 0 fully saturated rings. The maximum absolute atomic E-state index is 4.21. The van der Waals surface area contributed by atoms with E-state index < -0.39 is 0 Å². The van der Waals surface area contributed by atoms with Crippen LogP contribution in [0.15, 0.2) is 12.2 Å². The highest BCUT2D eigenvalue weighted by Crippen LogP contribution is 2.46. The van der Waals surface area contributed by atoms with Crippen molar-refractivity contribution in [1.29, 1.82) is 0 Å². The Kier molecular flexibility index (Phi) is 8.88. The van der Waals surface area contributed by atoms with Gasteiger partial charge in [-0.15, -0.1) is 6.58 Å². The molecule has 0 spiro atoms. The summed E-state index contributed by atoms with van der Waals surface area (Å²) >= 11 is 0. The first-order valence-electron chi connectivity index (χ1n) is 10.0. The van der Waals surface area contributed by atoms with Gasteiger partial charge in [0, 0.05) is 0 Å². The van der Waals surface area contributed by atoms with Crippen LogP contribution in [0, 0.1) is 28.1 Å². The predicted octanol–water partition coefficient (Wildman–Crippen LogP) is 8.03. The van der Waals surface area contributed by atoms with Crippen LogP contribution in [0.4, 0.5) is 0 Å². The van der Waals surface area contributed by atoms with E-state index in [1.54, 1.807) is 0 Å². The van der Waals surface area contributed by atoms with Crippen molar-refractivity contribution in [2.75, 3.05) is 0 Å². The summed E-state index contributed by atoms with van der Waals surface area (Å²) in [5, 5.41) is 0. The third kappa shape index (κ3) is 9.95. The lowest BCUT2D eigenvalue weighted by Crippen LogP contribution is -2.32. The Hall–Kier alpha value is -0.195. The zero-order chi connectivity index (χ0) is 19.3. The van der Waals surface area contributed by atoms with Gasteiger partial charge in [-0.25, -0.2) is 0 Å². The largest absolute Gasteiger partial charge is 0.110 e. The first kappa shape index (κ1) is 23.8. The molecular weight excluding hydrogens is 287 g/mol. The first-order valence-corrected chi connectivity index (χ1v) is 10.0. The van der Waals surface area contributed by atoms with E-state index in [4.69, 9.17) is 0 Å². The molecule has 0 aromatic heterocycles. The van der Waals surface area contributed by atoms with Gasteiger partial charge in [0.1, 0.15) is 7.28 Å². The van der Waals surface area contributed by atoms with Crippen LogP contribution < -0.4 is 0 Å².